The SMILES string of the molecule is CCc1nc(-c2ncccn2)sc1C(=O)NCc1ccc2c(c1)OCCCO2. The first-order valence-corrected chi connectivity index (χ1v) is 10.00. The van der Waals surface area contributed by atoms with Gasteiger partial charge in [-0.15, -0.1) is 11.3 Å². The third-order valence-electron chi connectivity index (χ3n) is 4.26. The molecule has 0 fully saturated rings. The van der Waals surface area contributed by atoms with E-state index < -0.39 is 0 Å². The Morgan fingerprint density at radius 3 is 2.75 bits per heavy atom. The molecule has 4 rings (SSSR count). The summed E-state index contributed by atoms with van der Waals surface area (Å²) in [5, 5.41) is 3.62. The van der Waals surface area contributed by atoms with Crippen molar-refractivity contribution >= 4 is 17.2 Å². The number of nitrogens with one attached hydrogen (secondary N) is 1. The second-order valence-electron chi connectivity index (χ2n) is 6.24. The van der Waals surface area contributed by atoms with Crippen molar-refractivity contribution in [3.05, 3.63) is 52.8 Å². The molecule has 0 unspecified atom stereocenters. The zero-order valence-corrected chi connectivity index (χ0v) is 16.3. The molecule has 0 saturated heterocycles. The van der Waals surface area contributed by atoms with Gasteiger partial charge in [0.05, 0.1) is 18.9 Å². The van der Waals surface area contributed by atoms with Crippen molar-refractivity contribution in [2.24, 2.45) is 0 Å². The molecule has 0 spiro atoms. The van der Waals surface area contributed by atoms with Crippen LogP contribution >= 0.6 is 11.3 Å². The van der Waals surface area contributed by atoms with E-state index in [2.05, 4.69) is 20.3 Å². The van der Waals surface area contributed by atoms with Crippen molar-refractivity contribution in [1.82, 2.24) is 20.3 Å². The van der Waals surface area contributed by atoms with E-state index in [1.54, 1.807) is 18.5 Å². The zero-order chi connectivity index (χ0) is 19.3. The Bertz CT molecular complexity index is 975. The Balaban J connectivity index is 1.48. The van der Waals surface area contributed by atoms with E-state index in [-0.39, 0.29) is 5.91 Å². The monoisotopic (exact) mass is 396 g/mol. The van der Waals surface area contributed by atoms with Crippen LogP contribution < -0.4 is 14.8 Å². The summed E-state index contributed by atoms with van der Waals surface area (Å²) in [4.78, 5) is 26.3. The molecule has 0 aliphatic carbocycles. The number of aromatic nitrogens is 3. The zero-order valence-electron chi connectivity index (χ0n) is 15.5. The molecular formula is C20H20N4O3S. The fraction of sp³-hybridized carbons (Fsp3) is 0.300. The molecule has 2 aromatic heterocycles. The summed E-state index contributed by atoms with van der Waals surface area (Å²) in [5.41, 5.74) is 1.70. The average Bonchev–Trinajstić information content (AvgIpc) is 3.04. The summed E-state index contributed by atoms with van der Waals surface area (Å²) >= 11 is 1.31. The highest BCUT2D eigenvalue weighted by atomic mass is 32.1. The quantitative estimate of drug-likeness (QED) is 0.712. The first-order chi connectivity index (χ1) is 13.7. The number of carbonyl (C=O) groups excluding carboxylic acids is 1. The summed E-state index contributed by atoms with van der Waals surface area (Å²) in [5.74, 6) is 1.85. The largest absolute Gasteiger partial charge is 0.490 e. The van der Waals surface area contributed by atoms with Gasteiger partial charge in [0.15, 0.2) is 22.3 Å². The highest BCUT2D eigenvalue weighted by Gasteiger charge is 2.19. The van der Waals surface area contributed by atoms with Crippen LogP contribution in [0, 0.1) is 0 Å². The number of aryl methyl sites for hydroxylation is 1. The van der Waals surface area contributed by atoms with Gasteiger partial charge in [0.25, 0.3) is 5.91 Å². The van der Waals surface area contributed by atoms with Gasteiger partial charge < -0.3 is 14.8 Å². The third-order valence-corrected chi connectivity index (χ3v) is 5.35. The molecule has 8 heteroatoms. The van der Waals surface area contributed by atoms with Gasteiger partial charge >= 0.3 is 0 Å². The summed E-state index contributed by atoms with van der Waals surface area (Å²) < 4.78 is 11.4. The highest BCUT2D eigenvalue weighted by Crippen LogP contribution is 2.30. The van der Waals surface area contributed by atoms with E-state index in [4.69, 9.17) is 9.47 Å². The van der Waals surface area contributed by atoms with Gasteiger partial charge in [-0.1, -0.05) is 13.0 Å². The maximum Gasteiger partial charge on any atom is 0.263 e. The van der Waals surface area contributed by atoms with Gasteiger partial charge in [0.2, 0.25) is 0 Å². The van der Waals surface area contributed by atoms with Crippen LogP contribution in [-0.2, 0) is 13.0 Å². The van der Waals surface area contributed by atoms with Crippen LogP contribution in [0.25, 0.3) is 10.8 Å². The number of thiazole rings is 1. The van der Waals surface area contributed by atoms with E-state index in [0.29, 0.717) is 41.9 Å². The van der Waals surface area contributed by atoms with Gasteiger partial charge in [-0.2, -0.15) is 0 Å². The van der Waals surface area contributed by atoms with Gasteiger partial charge in [-0.25, -0.2) is 15.0 Å². The number of nitrogens with zero attached hydrogens (tertiary/aromatic N) is 3. The standard InChI is InChI=1S/C20H20N4O3S/c1-2-14-17(28-20(24-14)18-21-7-3-8-22-18)19(25)23-12-13-5-6-15-16(11-13)27-10-4-9-26-15/h3,5-8,11H,2,4,9-10,12H2,1H3,(H,23,25). The number of rotatable bonds is 5. The molecule has 1 amide bonds. The second kappa shape index (κ2) is 8.35. The second-order valence-corrected chi connectivity index (χ2v) is 7.23. The fourth-order valence-corrected chi connectivity index (χ4v) is 3.87. The Hall–Kier alpha value is -3.00. The summed E-state index contributed by atoms with van der Waals surface area (Å²) in [7, 11) is 0. The van der Waals surface area contributed by atoms with E-state index in [9.17, 15) is 4.79 Å². The van der Waals surface area contributed by atoms with Crippen molar-refractivity contribution in [2.75, 3.05) is 13.2 Å². The number of benzene rings is 1. The predicted octanol–water partition coefficient (Wildman–Crippen LogP) is 3.25. The molecule has 0 bridgehead atoms. The Morgan fingerprint density at radius 2 is 1.96 bits per heavy atom. The van der Waals surface area contributed by atoms with Crippen molar-refractivity contribution in [2.45, 2.75) is 26.3 Å². The number of hydrogen-bond donors (Lipinski definition) is 1. The molecule has 3 aromatic rings. The molecule has 1 N–H and O–H groups in total. The number of fused-ring (bicyclic) bond motifs is 1. The minimum atomic E-state index is -0.149. The molecule has 28 heavy (non-hydrogen) atoms. The summed E-state index contributed by atoms with van der Waals surface area (Å²) in [6.45, 7) is 3.66. The van der Waals surface area contributed by atoms with Gasteiger partial charge in [-0.05, 0) is 30.2 Å². The van der Waals surface area contributed by atoms with Crippen LogP contribution in [0.3, 0.4) is 0 Å². The van der Waals surface area contributed by atoms with Gasteiger partial charge in [0, 0.05) is 25.4 Å². The van der Waals surface area contributed by atoms with Crippen molar-refractivity contribution in [1.29, 1.82) is 0 Å². The molecule has 3 heterocycles. The van der Waals surface area contributed by atoms with Crippen LogP contribution in [0.2, 0.25) is 0 Å². The van der Waals surface area contributed by atoms with Gasteiger partial charge in [-0.3, -0.25) is 4.79 Å². The summed E-state index contributed by atoms with van der Waals surface area (Å²) in [6, 6.07) is 7.49. The minimum absolute atomic E-state index is 0.149. The smallest absolute Gasteiger partial charge is 0.263 e. The van der Waals surface area contributed by atoms with E-state index in [1.807, 2.05) is 25.1 Å². The lowest BCUT2D eigenvalue weighted by Gasteiger charge is -2.10. The molecule has 0 radical (unpaired) electrons. The van der Waals surface area contributed by atoms with E-state index >= 15 is 0 Å². The molecule has 1 aliphatic rings. The highest BCUT2D eigenvalue weighted by molar-refractivity contribution is 7.17. The minimum Gasteiger partial charge on any atom is -0.490 e. The normalized spacial score (nSPS) is 13.0. The third kappa shape index (κ3) is 3.96. The first-order valence-electron chi connectivity index (χ1n) is 9.18. The van der Waals surface area contributed by atoms with E-state index in [1.165, 1.54) is 11.3 Å². The van der Waals surface area contributed by atoms with Crippen molar-refractivity contribution < 1.29 is 14.3 Å². The first kappa shape index (κ1) is 18.4. The predicted molar refractivity (Wildman–Crippen MR) is 106 cm³/mol. The van der Waals surface area contributed by atoms with Crippen LogP contribution in [0.15, 0.2) is 36.7 Å². The van der Waals surface area contributed by atoms with Crippen molar-refractivity contribution in [3.8, 4) is 22.3 Å². The van der Waals surface area contributed by atoms with Crippen molar-refractivity contribution in [3.63, 3.8) is 0 Å². The number of ether oxygens (including phenoxy) is 2. The van der Waals surface area contributed by atoms with Crippen LogP contribution in [0.5, 0.6) is 11.5 Å². The maximum absolute atomic E-state index is 12.7. The molecule has 0 atom stereocenters. The topological polar surface area (TPSA) is 86.2 Å². The van der Waals surface area contributed by atoms with Crippen LogP contribution in [0.1, 0.15) is 34.3 Å². The fourth-order valence-electron chi connectivity index (χ4n) is 2.85. The van der Waals surface area contributed by atoms with Crippen LogP contribution in [-0.4, -0.2) is 34.1 Å². The Kier molecular flexibility index (Phi) is 5.48. The molecule has 0 saturated carbocycles. The van der Waals surface area contributed by atoms with E-state index in [0.717, 1.165) is 29.2 Å². The lowest BCUT2D eigenvalue weighted by atomic mass is 10.2. The molecular weight excluding hydrogens is 376 g/mol. The molecule has 1 aliphatic heterocycles. The number of amides is 1. The number of hydrogen-bond acceptors (Lipinski definition) is 7. The Labute approximate surface area is 166 Å². The lowest BCUT2D eigenvalue weighted by molar-refractivity contribution is 0.0954. The molecule has 7 nitrogen and oxygen atoms in total. The average molecular weight is 396 g/mol. The molecule has 144 valence electrons. The maximum atomic E-state index is 12.7. The van der Waals surface area contributed by atoms with Crippen LogP contribution in [0.4, 0.5) is 0 Å². The van der Waals surface area contributed by atoms with Gasteiger partial charge in [0.1, 0.15) is 4.88 Å². The Morgan fingerprint density at radius 1 is 1.18 bits per heavy atom. The molecule has 1 aromatic carbocycles. The number of carbonyl (C=O) groups is 1. The lowest BCUT2D eigenvalue weighted by Crippen LogP contribution is -2.22. The summed E-state index contributed by atoms with van der Waals surface area (Å²) in [6.07, 6.45) is 4.86.